The lowest BCUT2D eigenvalue weighted by Gasteiger charge is -2.41. The van der Waals surface area contributed by atoms with Gasteiger partial charge in [-0.2, -0.15) is 0 Å². The molecule has 46 heavy (non-hydrogen) atoms. The molecular formula is C38H56FN7. The van der Waals surface area contributed by atoms with Crippen molar-refractivity contribution in [3.8, 4) is 0 Å². The number of hydrogen-bond donors (Lipinski definition) is 0. The van der Waals surface area contributed by atoms with Gasteiger partial charge in [0, 0.05) is 102 Å². The third kappa shape index (κ3) is 4.77. The van der Waals surface area contributed by atoms with E-state index in [4.69, 9.17) is 0 Å². The second-order valence-electron chi connectivity index (χ2n) is 15.4. The minimum atomic E-state index is 0.0901. The first-order chi connectivity index (χ1) is 22.8. The number of anilines is 7. The summed E-state index contributed by atoms with van der Waals surface area (Å²) < 4.78 is 18.1. The summed E-state index contributed by atoms with van der Waals surface area (Å²) >= 11 is 0. The highest BCUT2D eigenvalue weighted by atomic mass is 19.1. The summed E-state index contributed by atoms with van der Waals surface area (Å²) in [6, 6.07) is 0. The lowest BCUT2D eigenvalue weighted by molar-refractivity contribution is 0.620. The fourth-order valence-electron chi connectivity index (χ4n) is 10.3. The molecule has 2 aromatic rings. The average molecular weight is 630 g/mol. The van der Waals surface area contributed by atoms with Crippen LogP contribution in [-0.4, -0.2) is 91.6 Å². The van der Waals surface area contributed by atoms with E-state index in [-0.39, 0.29) is 5.82 Å². The highest BCUT2D eigenvalue weighted by molar-refractivity contribution is 6.26. The normalized spacial score (nSPS) is 24.1. The van der Waals surface area contributed by atoms with Crippen LogP contribution in [0.25, 0.3) is 10.8 Å². The van der Waals surface area contributed by atoms with Gasteiger partial charge in [0.05, 0.1) is 39.8 Å². The van der Waals surface area contributed by atoms with Gasteiger partial charge in [0.2, 0.25) is 0 Å². The van der Waals surface area contributed by atoms with Crippen molar-refractivity contribution in [2.24, 2.45) is 0 Å². The van der Waals surface area contributed by atoms with Crippen LogP contribution in [0.2, 0.25) is 0 Å². The van der Waals surface area contributed by atoms with Gasteiger partial charge in [-0.15, -0.1) is 0 Å². The quantitative estimate of drug-likeness (QED) is 0.320. The molecule has 7 saturated heterocycles. The number of benzene rings is 2. The smallest absolute Gasteiger partial charge is 0.172 e. The van der Waals surface area contributed by atoms with Crippen LogP contribution in [0.15, 0.2) is 0 Å². The van der Waals surface area contributed by atoms with Crippen LogP contribution in [0.5, 0.6) is 0 Å². The molecule has 0 N–H and O–H groups in total. The van der Waals surface area contributed by atoms with E-state index >= 15 is 4.39 Å². The first kappa shape index (κ1) is 29.4. The van der Waals surface area contributed by atoms with Crippen LogP contribution >= 0.6 is 0 Å². The predicted octanol–water partition coefficient (Wildman–Crippen LogP) is 7.18. The lowest BCUT2D eigenvalue weighted by Crippen LogP contribution is -2.33. The molecule has 0 spiro atoms. The van der Waals surface area contributed by atoms with Crippen molar-refractivity contribution in [3.63, 3.8) is 0 Å². The SMILES string of the molecule is Fc1c(N2CCCC2)c(N2CCCC2)c2c(N3CCCC3)c(N3CCCC3)c(N3CCCC3)c(N3CCCC3)c2c1N1CCCC1. The number of nitrogens with zero attached hydrogens (tertiary/aromatic N) is 7. The van der Waals surface area contributed by atoms with Crippen LogP contribution in [0.4, 0.5) is 44.2 Å². The average Bonchev–Trinajstić information content (AvgIpc) is 3.94. The zero-order valence-electron chi connectivity index (χ0n) is 28.3. The summed E-state index contributed by atoms with van der Waals surface area (Å²) in [6.45, 7) is 14.9. The fraction of sp³-hybridized carbons (Fsp3) is 0.737. The first-order valence-corrected chi connectivity index (χ1v) is 19.4. The molecule has 8 heteroatoms. The molecule has 0 bridgehead atoms. The number of hydrogen-bond acceptors (Lipinski definition) is 7. The molecule has 7 aliphatic heterocycles. The van der Waals surface area contributed by atoms with E-state index in [1.807, 2.05) is 0 Å². The largest absolute Gasteiger partial charge is 0.369 e. The Bertz CT molecular complexity index is 1420. The van der Waals surface area contributed by atoms with Gasteiger partial charge in [0.15, 0.2) is 5.82 Å². The highest BCUT2D eigenvalue weighted by Gasteiger charge is 2.41. The molecule has 0 unspecified atom stereocenters. The first-order valence-electron chi connectivity index (χ1n) is 19.4. The third-order valence-corrected chi connectivity index (χ3v) is 12.5. The maximum Gasteiger partial charge on any atom is 0.172 e. The Labute approximate surface area is 276 Å². The van der Waals surface area contributed by atoms with Crippen molar-refractivity contribution in [2.45, 2.75) is 89.9 Å². The highest BCUT2D eigenvalue weighted by Crippen LogP contribution is 2.61. The summed E-state index contributed by atoms with van der Waals surface area (Å²) in [4.78, 5) is 18.7. The predicted molar refractivity (Wildman–Crippen MR) is 194 cm³/mol. The molecule has 7 aliphatic rings. The molecule has 250 valence electrons. The van der Waals surface area contributed by atoms with Crippen molar-refractivity contribution < 1.29 is 4.39 Å². The van der Waals surface area contributed by atoms with Crippen molar-refractivity contribution in [1.82, 2.24) is 0 Å². The molecule has 0 saturated carbocycles. The molecule has 0 aliphatic carbocycles. The molecule has 2 aromatic carbocycles. The van der Waals surface area contributed by atoms with E-state index in [0.29, 0.717) is 0 Å². The summed E-state index contributed by atoms with van der Waals surface area (Å²) in [5.74, 6) is 0.0901. The van der Waals surface area contributed by atoms with E-state index < -0.39 is 0 Å². The standard InChI is InChI=1S/C38H56FN7/c39-31-32(40-15-1-2-16-40)29-30(33(41-17-3-4-18-41)36(31)44-23-9-10-24-44)35(43-21-7-8-22-43)38(46-27-13-14-28-46)37(45-25-11-12-26-45)34(29)42-19-5-6-20-42/h1-28H2. The van der Waals surface area contributed by atoms with Crippen molar-refractivity contribution >= 4 is 50.6 Å². The molecule has 0 amide bonds. The Morgan fingerprint density at radius 3 is 0.739 bits per heavy atom. The maximum atomic E-state index is 18.1. The molecule has 0 atom stereocenters. The van der Waals surface area contributed by atoms with Crippen molar-refractivity contribution in [2.75, 3.05) is 126 Å². The number of fused-ring (bicyclic) bond motifs is 1. The Hall–Kier alpha value is -2.77. The fourth-order valence-corrected chi connectivity index (χ4v) is 10.3. The van der Waals surface area contributed by atoms with Crippen molar-refractivity contribution in [1.29, 1.82) is 0 Å². The molecule has 7 fully saturated rings. The van der Waals surface area contributed by atoms with Gasteiger partial charge in [-0.05, 0) is 89.9 Å². The molecule has 7 heterocycles. The van der Waals surface area contributed by atoms with Gasteiger partial charge < -0.3 is 34.3 Å². The minimum absolute atomic E-state index is 0.0901. The Balaban J connectivity index is 1.49. The molecule has 0 radical (unpaired) electrons. The molecule has 7 nitrogen and oxygen atoms in total. The molecule has 0 aromatic heterocycles. The van der Waals surface area contributed by atoms with Gasteiger partial charge in [-0.25, -0.2) is 4.39 Å². The molecular weight excluding hydrogens is 573 g/mol. The van der Waals surface area contributed by atoms with E-state index in [0.717, 1.165) is 116 Å². The Kier molecular flexibility index (Phi) is 7.89. The van der Waals surface area contributed by atoms with Crippen LogP contribution < -0.4 is 34.3 Å². The Morgan fingerprint density at radius 2 is 0.435 bits per heavy atom. The van der Waals surface area contributed by atoms with E-state index in [1.165, 1.54) is 116 Å². The Morgan fingerprint density at radius 1 is 0.239 bits per heavy atom. The summed E-state index contributed by atoms with van der Waals surface area (Å²) in [6.07, 6.45) is 17.1. The minimum Gasteiger partial charge on any atom is -0.369 e. The van der Waals surface area contributed by atoms with Crippen LogP contribution in [-0.2, 0) is 0 Å². The number of rotatable bonds is 7. The van der Waals surface area contributed by atoms with Gasteiger partial charge in [0.1, 0.15) is 0 Å². The van der Waals surface area contributed by atoms with Gasteiger partial charge in [-0.3, -0.25) is 0 Å². The van der Waals surface area contributed by atoms with Gasteiger partial charge in [-0.1, -0.05) is 0 Å². The zero-order valence-corrected chi connectivity index (χ0v) is 28.3. The topological polar surface area (TPSA) is 22.7 Å². The van der Waals surface area contributed by atoms with Crippen LogP contribution in [0.1, 0.15) is 89.9 Å². The number of halogens is 1. The van der Waals surface area contributed by atoms with E-state index in [9.17, 15) is 0 Å². The zero-order chi connectivity index (χ0) is 30.6. The van der Waals surface area contributed by atoms with Crippen LogP contribution in [0, 0.1) is 5.82 Å². The van der Waals surface area contributed by atoms with Crippen LogP contribution in [0.3, 0.4) is 0 Å². The monoisotopic (exact) mass is 629 g/mol. The second-order valence-corrected chi connectivity index (χ2v) is 15.4. The van der Waals surface area contributed by atoms with E-state index in [2.05, 4.69) is 34.3 Å². The van der Waals surface area contributed by atoms with Gasteiger partial charge >= 0.3 is 0 Å². The molecule has 9 rings (SSSR count). The van der Waals surface area contributed by atoms with Crippen molar-refractivity contribution in [3.05, 3.63) is 5.82 Å². The summed E-state index contributed by atoms with van der Waals surface area (Å²) in [5.41, 5.74) is 9.01. The lowest BCUT2D eigenvalue weighted by atomic mass is 9.93. The summed E-state index contributed by atoms with van der Waals surface area (Å²) in [7, 11) is 0. The maximum absolute atomic E-state index is 18.1. The van der Waals surface area contributed by atoms with Gasteiger partial charge in [0.25, 0.3) is 0 Å². The third-order valence-electron chi connectivity index (χ3n) is 12.5. The van der Waals surface area contributed by atoms with E-state index in [1.54, 1.807) is 0 Å². The summed E-state index contributed by atoms with van der Waals surface area (Å²) in [5, 5.41) is 2.69. The second kappa shape index (κ2) is 12.4.